The summed E-state index contributed by atoms with van der Waals surface area (Å²) in [7, 11) is -0.803. The topological polar surface area (TPSA) is 0 Å². The van der Waals surface area contributed by atoms with Gasteiger partial charge in [0, 0.05) is 8.07 Å². The average molecular weight is 268 g/mol. The SMILES string of the molecule is C=CCC[Si](C)(C)CCI. The minimum absolute atomic E-state index is 0.803. The van der Waals surface area contributed by atoms with Crippen LogP contribution in [0.4, 0.5) is 0 Å². The number of halogens is 1. The van der Waals surface area contributed by atoms with Crippen LogP contribution < -0.4 is 0 Å². The lowest BCUT2D eigenvalue weighted by atomic mass is 10.5. The Bertz CT molecular complexity index is 99.4. The zero-order valence-electron chi connectivity index (χ0n) is 6.99. The molecule has 0 saturated carbocycles. The molecule has 0 atom stereocenters. The summed E-state index contributed by atoms with van der Waals surface area (Å²) in [5.74, 6) is 0. The molecule has 0 fully saturated rings. The summed E-state index contributed by atoms with van der Waals surface area (Å²) in [6.07, 6.45) is 3.26. The minimum atomic E-state index is -0.803. The van der Waals surface area contributed by atoms with Gasteiger partial charge in [0.25, 0.3) is 0 Å². The van der Waals surface area contributed by atoms with Crippen molar-refractivity contribution < 1.29 is 0 Å². The number of hydrogen-bond donors (Lipinski definition) is 0. The predicted molar refractivity (Wildman–Crippen MR) is 60.8 cm³/mol. The van der Waals surface area contributed by atoms with Crippen LogP contribution in [0.5, 0.6) is 0 Å². The van der Waals surface area contributed by atoms with Gasteiger partial charge in [0.1, 0.15) is 0 Å². The van der Waals surface area contributed by atoms with E-state index in [1.807, 2.05) is 6.08 Å². The molecule has 0 radical (unpaired) electrons. The first kappa shape index (κ1) is 10.7. The normalized spacial score (nSPS) is 11.5. The van der Waals surface area contributed by atoms with Gasteiger partial charge in [-0.15, -0.1) is 6.58 Å². The second-order valence-corrected chi connectivity index (χ2v) is 9.84. The van der Waals surface area contributed by atoms with Crippen molar-refractivity contribution >= 4 is 30.7 Å². The van der Waals surface area contributed by atoms with E-state index in [-0.39, 0.29) is 0 Å². The number of hydrogen-bond acceptors (Lipinski definition) is 0. The maximum atomic E-state index is 3.74. The van der Waals surface area contributed by atoms with Crippen molar-refractivity contribution in [1.82, 2.24) is 0 Å². The van der Waals surface area contributed by atoms with E-state index in [0.29, 0.717) is 0 Å². The Morgan fingerprint density at radius 3 is 2.40 bits per heavy atom. The molecule has 0 aromatic carbocycles. The Morgan fingerprint density at radius 1 is 1.40 bits per heavy atom. The fourth-order valence-corrected chi connectivity index (χ4v) is 7.00. The summed E-state index contributed by atoms with van der Waals surface area (Å²) >= 11 is 2.47. The molecular formula is C8H17ISi. The van der Waals surface area contributed by atoms with Gasteiger partial charge in [0.15, 0.2) is 0 Å². The second kappa shape index (κ2) is 5.35. The summed E-state index contributed by atoms with van der Waals surface area (Å²) in [6, 6.07) is 2.88. The maximum Gasteiger partial charge on any atom is 0.0484 e. The van der Waals surface area contributed by atoms with Gasteiger partial charge < -0.3 is 0 Å². The highest BCUT2D eigenvalue weighted by molar-refractivity contribution is 14.1. The molecule has 0 aromatic heterocycles. The Labute approximate surface area is 79.2 Å². The van der Waals surface area contributed by atoms with Crippen molar-refractivity contribution in [2.75, 3.05) is 4.43 Å². The van der Waals surface area contributed by atoms with E-state index in [1.165, 1.54) is 22.9 Å². The van der Waals surface area contributed by atoms with Gasteiger partial charge in [0.2, 0.25) is 0 Å². The predicted octanol–water partition coefficient (Wildman–Crippen LogP) is 3.71. The first-order chi connectivity index (χ1) is 4.62. The van der Waals surface area contributed by atoms with Crippen LogP contribution in [0, 0.1) is 0 Å². The number of allylic oxidation sites excluding steroid dienone is 1. The lowest BCUT2D eigenvalue weighted by Crippen LogP contribution is -2.24. The van der Waals surface area contributed by atoms with Crippen molar-refractivity contribution in [1.29, 1.82) is 0 Å². The van der Waals surface area contributed by atoms with Crippen LogP contribution in [-0.4, -0.2) is 12.5 Å². The zero-order valence-corrected chi connectivity index (χ0v) is 10.1. The van der Waals surface area contributed by atoms with Gasteiger partial charge in [-0.1, -0.05) is 47.8 Å². The fraction of sp³-hybridized carbons (Fsp3) is 0.750. The number of alkyl halides is 1. The summed E-state index contributed by atoms with van der Waals surface area (Å²) in [6.45, 7) is 8.68. The Kier molecular flexibility index (Phi) is 5.72. The van der Waals surface area contributed by atoms with Crippen molar-refractivity contribution in [3.63, 3.8) is 0 Å². The highest BCUT2D eigenvalue weighted by atomic mass is 127. The maximum absolute atomic E-state index is 3.74. The Morgan fingerprint density at radius 2 is 2.00 bits per heavy atom. The Hall–Kier alpha value is 0.687. The quantitative estimate of drug-likeness (QED) is 0.308. The molecule has 2 heteroatoms. The van der Waals surface area contributed by atoms with Crippen LogP contribution in [0.25, 0.3) is 0 Å². The molecule has 0 N–H and O–H groups in total. The molecule has 0 aromatic rings. The number of rotatable bonds is 5. The zero-order chi connectivity index (χ0) is 8.04. The van der Waals surface area contributed by atoms with Crippen molar-refractivity contribution in [3.8, 4) is 0 Å². The van der Waals surface area contributed by atoms with E-state index >= 15 is 0 Å². The van der Waals surface area contributed by atoms with E-state index in [9.17, 15) is 0 Å². The van der Waals surface area contributed by atoms with Crippen molar-refractivity contribution in [3.05, 3.63) is 12.7 Å². The van der Waals surface area contributed by atoms with Gasteiger partial charge in [-0.3, -0.25) is 0 Å². The van der Waals surface area contributed by atoms with E-state index < -0.39 is 8.07 Å². The van der Waals surface area contributed by atoms with Gasteiger partial charge >= 0.3 is 0 Å². The molecule has 0 saturated heterocycles. The lowest BCUT2D eigenvalue weighted by molar-refractivity contribution is 1.14. The molecular weight excluding hydrogens is 251 g/mol. The third-order valence-corrected chi connectivity index (χ3v) is 6.60. The Balaban J connectivity index is 3.51. The molecule has 0 spiro atoms. The molecule has 60 valence electrons. The molecule has 0 aliphatic heterocycles. The highest BCUT2D eigenvalue weighted by Gasteiger charge is 2.17. The van der Waals surface area contributed by atoms with Crippen LogP contribution in [0.1, 0.15) is 6.42 Å². The first-order valence-corrected chi connectivity index (χ1v) is 8.73. The molecule has 0 unspecified atom stereocenters. The molecule has 0 bridgehead atoms. The third-order valence-electron chi connectivity index (χ3n) is 1.80. The lowest BCUT2D eigenvalue weighted by Gasteiger charge is -2.19. The van der Waals surface area contributed by atoms with Gasteiger partial charge in [0.05, 0.1) is 0 Å². The first-order valence-electron chi connectivity index (χ1n) is 3.79. The second-order valence-electron chi connectivity index (χ2n) is 3.43. The van der Waals surface area contributed by atoms with Crippen LogP contribution in [0.3, 0.4) is 0 Å². The van der Waals surface area contributed by atoms with Crippen LogP contribution >= 0.6 is 22.6 Å². The van der Waals surface area contributed by atoms with Crippen LogP contribution in [0.15, 0.2) is 12.7 Å². The smallest absolute Gasteiger partial charge is 0.0484 e. The molecule has 0 nitrogen and oxygen atoms in total. The molecule has 0 aliphatic rings. The summed E-state index contributed by atoms with van der Waals surface area (Å²) < 4.78 is 1.33. The van der Waals surface area contributed by atoms with Gasteiger partial charge in [-0.25, -0.2) is 0 Å². The summed E-state index contributed by atoms with van der Waals surface area (Å²) in [4.78, 5) is 0. The van der Waals surface area contributed by atoms with E-state index in [1.54, 1.807) is 0 Å². The molecule has 0 amide bonds. The molecule has 0 heterocycles. The highest BCUT2D eigenvalue weighted by Crippen LogP contribution is 2.18. The van der Waals surface area contributed by atoms with Gasteiger partial charge in [-0.2, -0.15) is 0 Å². The molecule has 0 rings (SSSR count). The van der Waals surface area contributed by atoms with Crippen LogP contribution in [-0.2, 0) is 0 Å². The van der Waals surface area contributed by atoms with Crippen molar-refractivity contribution in [2.45, 2.75) is 31.6 Å². The van der Waals surface area contributed by atoms with E-state index in [0.717, 1.165) is 0 Å². The summed E-state index contributed by atoms with van der Waals surface area (Å²) in [5.41, 5.74) is 0. The van der Waals surface area contributed by atoms with Crippen molar-refractivity contribution in [2.24, 2.45) is 0 Å². The van der Waals surface area contributed by atoms with E-state index in [2.05, 4.69) is 42.3 Å². The summed E-state index contributed by atoms with van der Waals surface area (Å²) in [5, 5.41) is 0. The van der Waals surface area contributed by atoms with E-state index in [4.69, 9.17) is 0 Å². The van der Waals surface area contributed by atoms with Gasteiger partial charge in [-0.05, 0) is 16.9 Å². The minimum Gasteiger partial charge on any atom is -0.103 e. The molecule has 10 heavy (non-hydrogen) atoms. The fourth-order valence-electron chi connectivity index (χ4n) is 0.874. The largest absolute Gasteiger partial charge is 0.103 e. The monoisotopic (exact) mass is 268 g/mol. The third kappa shape index (κ3) is 5.47. The average Bonchev–Trinajstić information content (AvgIpc) is 1.84. The van der Waals surface area contributed by atoms with Crippen LogP contribution in [0.2, 0.25) is 25.2 Å². The molecule has 0 aliphatic carbocycles. The standard InChI is InChI=1S/C8H17ISi/c1-4-5-7-10(2,3)8-6-9/h4H,1,5-8H2,2-3H3.